The molecule has 0 bridgehead atoms. The van der Waals surface area contributed by atoms with Crippen molar-refractivity contribution in [3.8, 4) is 5.88 Å². The van der Waals surface area contributed by atoms with E-state index in [0.717, 1.165) is 17.5 Å². The van der Waals surface area contributed by atoms with E-state index in [1.165, 1.54) is 0 Å². The van der Waals surface area contributed by atoms with Gasteiger partial charge in [0.15, 0.2) is 5.65 Å². The number of nitrogens with zero attached hydrogens (tertiary/aromatic N) is 3. The van der Waals surface area contributed by atoms with Gasteiger partial charge in [0.05, 0.1) is 5.39 Å². The number of amides is 1. The van der Waals surface area contributed by atoms with E-state index in [1.54, 1.807) is 36.5 Å². The van der Waals surface area contributed by atoms with E-state index in [9.17, 15) is 24.6 Å². The largest absolute Gasteiger partial charge is 0.493 e. The number of hydrogen-bond donors (Lipinski definition) is 5. The maximum atomic E-state index is 12.5. The van der Waals surface area contributed by atoms with Crippen LogP contribution in [0.25, 0.3) is 11.0 Å². The molecule has 0 aliphatic heterocycles. The van der Waals surface area contributed by atoms with Crippen molar-refractivity contribution in [3.63, 3.8) is 0 Å². The normalized spacial score (nSPS) is 12.7. The van der Waals surface area contributed by atoms with Crippen LogP contribution in [0, 0.1) is 0 Å². The molecule has 11 heteroatoms. The molecule has 2 aromatic heterocycles. The summed E-state index contributed by atoms with van der Waals surface area (Å²) in [6.07, 6.45) is 2.51. The number of aromatic hydroxyl groups is 1. The average molecular weight is 467 g/mol. The van der Waals surface area contributed by atoms with E-state index in [4.69, 9.17) is 10.8 Å². The molecule has 0 spiro atoms. The van der Waals surface area contributed by atoms with Crippen molar-refractivity contribution in [2.75, 3.05) is 5.73 Å². The molecule has 0 aliphatic rings. The summed E-state index contributed by atoms with van der Waals surface area (Å²) in [5.41, 5.74) is 7.95. The van der Waals surface area contributed by atoms with Gasteiger partial charge in [-0.3, -0.25) is 9.59 Å². The molecular weight excluding hydrogens is 442 g/mol. The van der Waals surface area contributed by atoms with Crippen molar-refractivity contribution < 1.29 is 29.7 Å². The maximum Gasteiger partial charge on any atom is 0.326 e. The highest BCUT2D eigenvalue weighted by molar-refractivity contribution is 5.96. The predicted molar refractivity (Wildman–Crippen MR) is 122 cm³/mol. The Labute approximate surface area is 194 Å². The highest BCUT2D eigenvalue weighted by Gasteiger charge is 2.22. The fraction of sp³-hybridized carbons (Fsp3) is 0.304. The first kappa shape index (κ1) is 24.4. The summed E-state index contributed by atoms with van der Waals surface area (Å²) in [4.78, 5) is 46.5. The number of nitrogens with one attached hydrogen (secondary N) is 1. The summed E-state index contributed by atoms with van der Waals surface area (Å²) in [6, 6.07) is 7.28. The minimum absolute atomic E-state index is 0.0580. The molecule has 1 aromatic carbocycles. The number of carbonyl (C=O) groups excluding carboxylic acids is 1. The summed E-state index contributed by atoms with van der Waals surface area (Å²) in [5.74, 6) is -3.22. The molecule has 2 atom stereocenters. The van der Waals surface area contributed by atoms with Crippen molar-refractivity contribution in [2.24, 2.45) is 0 Å². The number of carboxylic acid groups (broad SMARTS) is 2. The first-order valence-corrected chi connectivity index (χ1v) is 10.6. The number of benzene rings is 1. The minimum Gasteiger partial charge on any atom is -0.493 e. The Balaban J connectivity index is 1.72. The van der Waals surface area contributed by atoms with Crippen LogP contribution in [-0.4, -0.2) is 54.2 Å². The molecule has 2 heterocycles. The van der Waals surface area contributed by atoms with Gasteiger partial charge in [-0.05, 0) is 54.5 Å². The van der Waals surface area contributed by atoms with Gasteiger partial charge in [-0.25, -0.2) is 9.78 Å². The molecule has 1 amide bonds. The van der Waals surface area contributed by atoms with Crippen LogP contribution in [0.4, 0.5) is 5.95 Å². The van der Waals surface area contributed by atoms with Crippen molar-refractivity contribution in [1.82, 2.24) is 20.3 Å². The van der Waals surface area contributed by atoms with Gasteiger partial charge >= 0.3 is 11.9 Å². The third-order valence-corrected chi connectivity index (χ3v) is 5.47. The lowest BCUT2D eigenvalue weighted by atomic mass is 9.89. The molecule has 6 N–H and O–H groups in total. The molecule has 178 valence electrons. The Bertz CT molecular complexity index is 1210. The number of carboxylic acids is 2. The molecule has 3 rings (SSSR count). The predicted octanol–water partition coefficient (Wildman–Crippen LogP) is 2.10. The number of fused-ring (bicyclic) bond motifs is 1. The van der Waals surface area contributed by atoms with E-state index < -0.39 is 23.9 Å². The highest BCUT2D eigenvalue weighted by atomic mass is 16.4. The van der Waals surface area contributed by atoms with Crippen LogP contribution in [0.15, 0.2) is 36.5 Å². The molecule has 0 saturated carbocycles. The monoisotopic (exact) mass is 467 g/mol. The van der Waals surface area contributed by atoms with Crippen LogP contribution in [0.3, 0.4) is 0 Å². The smallest absolute Gasteiger partial charge is 0.326 e. The first-order chi connectivity index (χ1) is 16.2. The van der Waals surface area contributed by atoms with Gasteiger partial charge in [0, 0.05) is 18.2 Å². The zero-order valence-electron chi connectivity index (χ0n) is 18.4. The number of carbonyl (C=O) groups is 3. The number of hydrogen-bond acceptors (Lipinski definition) is 8. The lowest BCUT2D eigenvalue weighted by Crippen LogP contribution is -2.41. The molecule has 0 aliphatic carbocycles. The SMILES string of the molecule is CCC(Cc1cnc2nc(N)nc(O)c2c1)c1ccc(C(=O)N[C@@H](CCC(=O)O)C(=O)O)cc1. The lowest BCUT2D eigenvalue weighted by molar-refractivity contribution is -0.140. The Morgan fingerprint density at radius 1 is 1.12 bits per heavy atom. The Morgan fingerprint density at radius 3 is 2.44 bits per heavy atom. The Morgan fingerprint density at radius 2 is 1.82 bits per heavy atom. The van der Waals surface area contributed by atoms with Crippen molar-refractivity contribution in [2.45, 2.75) is 44.6 Å². The van der Waals surface area contributed by atoms with Gasteiger partial charge in [-0.15, -0.1) is 0 Å². The summed E-state index contributed by atoms with van der Waals surface area (Å²) < 4.78 is 0. The second-order valence-electron chi connectivity index (χ2n) is 7.85. The van der Waals surface area contributed by atoms with Crippen LogP contribution in [0.2, 0.25) is 0 Å². The second-order valence-corrected chi connectivity index (χ2v) is 7.85. The number of nitrogen functional groups attached to an aromatic ring is 1. The Kier molecular flexibility index (Phi) is 7.57. The highest BCUT2D eigenvalue weighted by Crippen LogP contribution is 2.27. The van der Waals surface area contributed by atoms with Crippen LogP contribution in [-0.2, 0) is 16.0 Å². The van der Waals surface area contributed by atoms with Crippen LogP contribution in [0.1, 0.15) is 53.6 Å². The second kappa shape index (κ2) is 10.6. The first-order valence-electron chi connectivity index (χ1n) is 10.6. The van der Waals surface area contributed by atoms with Gasteiger partial charge in [0.1, 0.15) is 6.04 Å². The summed E-state index contributed by atoms with van der Waals surface area (Å²) in [7, 11) is 0. The molecular formula is C23H25N5O6. The third-order valence-electron chi connectivity index (χ3n) is 5.47. The zero-order chi connectivity index (χ0) is 24.8. The van der Waals surface area contributed by atoms with E-state index in [-0.39, 0.29) is 36.2 Å². The van der Waals surface area contributed by atoms with Crippen LogP contribution in [0.5, 0.6) is 5.88 Å². The van der Waals surface area contributed by atoms with E-state index in [1.807, 2.05) is 6.92 Å². The molecule has 11 nitrogen and oxygen atoms in total. The fourth-order valence-electron chi connectivity index (χ4n) is 3.62. The number of anilines is 1. The van der Waals surface area contributed by atoms with E-state index in [0.29, 0.717) is 17.5 Å². The van der Waals surface area contributed by atoms with Gasteiger partial charge in [-0.2, -0.15) is 9.97 Å². The lowest BCUT2D eigenvalue weighted by Gasteiger charge is -2.17. The number of rotatable bonds is 10. The molecule has 0 saturated heterocycles. The topological polar surface area (TPSA) is 189 Å². The summed E-state index contributed by atoms with van der Waals surface area (Å²) in [6.45, 7) is 2.03. The average Bonchev–Trinajstić information content (AvgIpc) is 2.80. The molecule has 0 radical (unpaired) electrons. The van der Waals surface area contributed by atoms with E-state index >= 15 is 0 Å². The van der Waals surface area contributed by atoms with Crippen molar-refractivity contribution in [1.29, 1.82) is 0 Å². The number of pyridine rings is 1. The maximum absolute atomic E-state index is 12.5. The standard InChI is InChI=1S/C23H25N5O6/c1-2-13(9-12-10-16-19(25-11-12)27-23(24)28-21(16)32)14-3-5-15(6-4-14)20(31)26-17(22(33)34)7-8-18(29)30/h3-6,10-11,13,17H,2,7-9H2,1H3,(H,26,31)(H,29,30)(H,33,34)(H3,24,25,27,28,32)/t13?,17-/m0/s1. The van der Waals surface area contributed by atoms with Gasteiger partial charge in [0.2, 0.25) is 11.8 Å². The van der Waals surface area contributed by atoms with Crippen molar-refractivity contribution in [3.05, 3.63) is 53.2 Å². The number of nitrogens with two attached hydrogens (primary N) is 1. The summed E-state index contributed by atoms with van der Waals surface area (Å²) in [5, 5.41) is 30.8. The zero-order valence-corrected chi connectivity index (χ0v) is 18.4. The fourth-order valence-corrected chi connectivity index (χ4v) is 3.62. The molecule has 34 heavy (non-hydrogen) atoms. The molecule has 3 aromatic rings. The van der Waals surface area contributed by atoms with Crippen LogP contribution >= 0.6 is 0 Å². The van der Waals surface area contributed by atoms with Gasteiger partial charge < -0.3 is 26.4 Å². The van der Waals surface area contributed by atoms with E-state index in [2.05, 4.69) is 20.3 Å². The Hall–Kier alpha value is -4.28. The molecule has 0 fully saturated rings. The third kappa shape index (κ3) is 5.94. The summed E-state index contributed by atoms with van der Waals surface area (Å²) >= 11 is 0. The molecule has 1 unspecified atom stereocenters. The number of aromatic nitrogens is 3. The van der Waals surface area contributed by atoms with Crippen molar-refractivity contribution >= 4 is 34.8 Å². The number of aliphatic carboxylic acids is 2. The van der Waals surface area contributed by atoms with Gasteiger partial charge in [-0.1, -0.05) is 19.1 Å². The van der Waals surface area contributed by atoms with Crippen LogP contribution < -0.4 is 11.1 Å². The van der Waals surface area contributed by atoms with Gasteiger partial charge in [0.25, 0.3) is 5.91 Å². The minimum atomic E-state index is -1.29. The quantitative estimate of drug-likeness (QED) is 0.295.